The minimum Gasteiger partial charge on any atom is -0.463 e. The fourth-order valence-corrected chi connectivity index (χ4v) is 3.33. The van der Waals surface area contributed by atoms with Gasteiger partial charge in [0.2, 0.25) is 11.5 Å². The second-order valence-electron chi connectivity index (χ2n) is 7.62. The van der Waals surface area contributed by atoms with E-state index in [1.165, 1.54) is 7.11 Å². The smallest absolute Gasteiger partial charge is 0.373 e. The average molecular weight is 370 g/mol. The summed E-state index contributed by atoms with van der Waals surface area (Å²) in [6.45, 7) is 5.91. The van der Waals surface area contributed by atoms with Gasteiger partial charge in [0, 0.05) is 19.1 Å². The number of hydrogen-bond acceptors (Lipinski definition) is 5. The normalized spacial score (nSPS) is 22.9. The first-order valence-corrected chi connectivity index (χ1v) is 8.98. The molecule has 1 aliphatic rings. The van der Waals surface area contributed by atoms with Crippen molar-refractivity contribution >= 4 is 16.7 Å². The molecule has 0 bridgehead atoms. The summed E-state index contributed by atoms with van der Waals surface area (Å²) in [5.74, 6) is -1.61. The molecule has 0 saturated heterocycles. The van der Waals surface area contributed by atoms with Gasteiger partial charge in [0.1, 0.15) is 0 Å². The zero-order valence-electron chi connectivity index (χ0n) is 16.4. The summed E-state index contributed by atoms with van der Waals surface area (Å²) in [7, 11) is 2.90. The Morgan fingerprint density at radius 3 is 2.44 bits per heavy atom. The predicted octanol–water partition coefficient (Wildman–Crippen LogP) is 4.30. The lowest BCUT2D eigenvalue weighted by molar-refractivity contribution is -0.243. The van der Waals surface area contributed by atoms with Gasteiger partial charge in [-0.05, 0) is 43.7 Å². The van der Waals surface area contributed by atoms with Crippen molar-refractivity contribution in [1.29, 1.82) is 0 Å². The van der Waals surface area contributed by atoms with Crippen molar-refractivity contribution in [2.75, 3.05) is 14.2 Å². The molecule has 2 aromatic carbocycles. The number of fused-ring (bicyclic) bond motifs is 1. The Bertz CT molecular complexity index is 864. The fourth-order valence-electron chi connectivity index (χ4n) is 3.33. The van der Waals surface area contributed by atoms with E-state index in [-0.39, 0.29) is 17.5 Å². The van der Waals surface area contributed by atoms with Crippen molar-refractivity contribution in [2.45, 2.75) is 44.7 Å². The second kappa shape index (κ2) is 7.33. The number of benzene rings is 2. The Hall–Kier alpha value is -2.37. The van der Waals surface area contributed by atoms with Crippen LogP contribution in [0.5, 0.6) is 0 Å². The Morgan fingerprint density at radius 1 is 1.11 bits per heavy atom. The third-order valence-corrected chi connectivity index (χ3v) is 4.49. The molecule has 0 aliphatic carbocycles. The highest BCUT2D eigenvalue weighted by Crippen LogP contribution is 2.40. The lowest BCUT2D eigenvalue weighted by atomic mass is 9.93. The minimum atomic E-state index is -1.14. The van der Waals surface area contributed by atoms with E-state index in [0.717, 1.165) is 16.3 Å². The summed E-state index contributed by atoms with van der Waals surface area (Å²) < 4.78 is 22.9. The highest BCUT2D eigenvalue weighted by atomic mass is 16.7. The van der Waals surface area contributed by atoms with Crippen LogP contribution in [0, 0.1) is 0 Å². The first-order chi connectivity index (χ1) is 12.8. The van der Waals surface area contributed by atoms with Gasteiger partial charge in [-0.1, -0.05) is 36.4 Å². The van der Waals surface area contributed by atoms with Gasteiger partial charge in [-0.25, -0.2) is 4.79 Å². The van der Waals surface area contributed by atoms with Gasteiger partial charge in [0.25, 0.3) is 0 Å². The SMILES string of the molecule is COC(=O)C1=C[C@H](OC(C)(C)C)C[C@@](OC)(c2ccc3ccccc3c2)O1. The maximum absolute atomic E-state index is 12.2. The molecule has 0 fully saturated rings. The zero-order valence-corrected chi connectivity index (χ0v) is 16.4. The Morgan fingerprint density at radius 2 is 1.81 bits per heavy atom. The number of rotatable bonds is 4. The molecule has 3 rings (SSSR count). The van der Waals surface area contributed by atoms with Gasteiger partial charge in [0.05, 0.1) is 18.8 Å². The molecule has 2 atom stereocenters. The molecule has 2 aromatic rings. The second-order valence-corrected chi connectivity index (χ2v) is 7.62. The van der Waals surface area contributed by atoms with Crippen molar-refractivity contribution in [2.24, 2.45) is 0 Å². The molecule has 0 amide bonds. The standard InChI is InChI=1S/C22H26O5/c1-21(2,3)26-18-13-19(20(23)24-4)27-22(14-18,25-5)17-11-10-15-8-6-7-9-16(15)12-17/h6-13,18H,14H2,1-5H3/t18-,22-/m0/s1. The van der Waals surface area contributed by atoms with Crippen molar-refractivity contribution in [3.8, 4) is 0 Å². The Balaban J connectivity index is 2.05. The third-order valence-electron chi connectivity index (χ3n) is 4.49. The first kappa shape index (κ1) is 19.4. The van der Waals surface area contributed by atoms with E-state index in [4.69, 9.17) is 18.9 Å². The topological polar surface area (TPSA) is 54.0 Å². The highest BCUT2D eigenvalue weighted by Gasteiger charge is 2.44. The molecule has 144 valence electrons. The molecule has 0 N–H and O–H groups in total. The van der Waals surface area contributed by atoms with Crippen LogP contribution in [0.3, 0.4) is 0 Å². The average Bonchev–Trinajstić information content (AvgIpc) is 2.65. The van der Waals surface area contributed by atoms with E-state index in [9.17, 15) is 4.79 Å². The molecule has 0 spiro atoms. The van der Waals surface area contributed by atoms with Gasteiger partial charge in [-0.3, -0.25) is 0 Å². The fraction of sp³-hybridized carbons (Fsp3) is 0.409. The number of carbonyl (C=O) groups excluding carboxylic acids is 1. The summed E-state index contributed by atoms with van der Waals surface area (Å²) in [5, 5.41) is 2.19. The van der Waals surface area contributed by atoms with Gasteiger partial charge < -0.3 is 18.9 Å². The van der Waals surface area contributed by atoms with Crippen LogP contribution < -0.4 is 0 Å². The lowest BCUT2D eigenvalue weighted by Gasteiger charge is -2.40. The van der Waals surface area contributed by atoms with Crippen LogP contribution in [0.1, 0.15) is 32.8 Å². The maximum atomic E-state index is 12.2. The largest absolute Gasteiger partial charge is 0.463 e. The molecule has 0 unspecified atom stereocenters. The summed E-state index contributed by atoms with van der Waals surface area (Å²) in [6, 6.07) is 14.1. The van der Waals surface area contributed by atoms with Crippen LogP contribution in [0.2, 0.25) is 0 Å². The molecular formula is C22H26O5. The van der Waals surface area contributed by atoms with Gasteiger partial charge in [0.15, 0.2) is 0 Å². The van der Waals surface area contributed by atoms with Crippen LogP contribution in [-0.4, -0.2) is 31.9 Å². The molecular weight excluding hydrogens is 344 g/mol. The number of ether oxygens (including phenoxy) is 4. The van der Waals surface area contributed by atoms with Crippen LogP contribution in [0.25, 0.3) is 10.8 Å². The van der Waals surface area contributed by atoms with E-state index in [2.05, 4.69) is 0 Å². The van der Waals surface area contributed by atoms with Crippen molar-refractivity contribution in [3.05, 3.63) is 59.9 Å². The monoisotopic (exact) mass is 370 g/mol. The van der Waals surface area contributed by atoms with Crippen LogP contribution in [0.4, 0.5) is 0 Å². The van der Waals surface area contributed by atoms with E-state index >= 15 is 0 Å². The molecule has 0 aromatic heterocycles. The molecule has 0 radical (unpaired) electrons. The molecule has 27 heavy (non-hydrogen) atoms. The first-order valence-electron chi connectivity index (χ1n) is 8.98. The molecule has 1 aliphatic heterocycles. The van der Waals surface area contributed by atoms with Gasteiger partial charge in [-0.2, -0.15) is 0 Å². The van der Waals surface area contributed by atoms with Gasteiger partial charge >= 0.3 is 5.97 Å². The van der Waals surface area contributed by atoms with Crippen LogP contribution in [-0.2, 0) is 29.5 Å². The van der Waals surface area contributed by atoms with Crippen molar-refractivity contribution < 1.29 is 23.7 Å². The van der Waals surface area contributed by atoms with E-state index in [0.29, 0.717) is 6.42 Å². The van der Waals surface area contributed by atoms with E-state index in [1.54, 1.807) is 13.2 Å². The summed E-state index contributed by atoms with van der Waals surface area (Å²) >= 11 is 0. The quantitative estimate of drug-likeness (QED) is 0.751. The molecule has 5 nitrogen and oxygen atoms in total. The third kappa shape index (κ3) is 4.15. The van der Waals surface area contributed by atoms with Gasteiger partial charge in [-0.15, -0.1) is 0 Å². The minimum absolute atomic E-state index is 0.0907. The Kier molecular flexibility index (Phi) is 5.27. The number of methoxy groups -OCH3 is 2. The summed E-state index contributed by atoms with van der Waals surface area (Å²) in [6.07, 6.45) is 1.72. The molecule has 5 heteroatoms. The zero-order chi connectivity index (χ0) is 19.7. The molecule has 0 saturated carbocycles. The molecule has 1 heterocycles. The predicted molar refractivity (Wildman–Crippen MR) is 103 cm³/mol. The van der Waals surface area contributed by atoms with Crippen molar-refractivity contribution in [3.63, 3.8) is 0 Å². The van der Waals surface area contributed by atoms with E-state index in [1.807, 2.05) is 63.2 Å². The summed E-state index contributed by atoms with van der Waals surface area (Å²) in [4.78, 5) is 12.2. The number of carbonyl (C=O) groups is 1. The number of esters is 1. The maximum Gasteiger partial charge on any atom is 0.373 e. The summed E-state index contributed by atoms with van der Waals surface area (Å²) in [5.41, 5.74) is 0.434. The lowest BCUT2D eigenvalue weighted by Crippen LogP contribution is -2.43. The van der Waals surface area contributed by atoms with Crippen LogP contribution >= 0.6 is 0 Å². The Labute approximate surface area is 159 Å². The van der Waals surface area contributed by atoms with Crippen molar-refractivity contribution in [1.82, 2.24) is 0 Å². The van der Waals surface area contributed by atoms with E-state index < -0.39 is 11.8 Å². The van der Waals surface area contributed by atoms with Crippen LogP contribution in [0.15, 0.2) is 54.3 Å². The number of hydrogen-bond donors (Lipinski definition) is 0. The highest BCUT2D eigenvalue weighted by molar-refractivity contribution is 5.86.